The van der Waals surface area contributed by atoms with Crippen molar-refractivity contribution < 1.29 is 19.1 Å². The van der Waals surface area contributed by atoms with E-state index in [1.165, 1.54) is 0 Å². The van der Waals surface area contributed by atoms with Crippen molar-refractivity contribution in [3.05, 3.63) is 52.6 Å². The molecule has 160 valence electrons. The van der Waals surface area contributed by atoms with Gasteiger partial charge in [0.1, 0.15) is 18.2 Å². The second kappa shape index (κ2) is 11.1. The summed E-state index contributed by atoms with van der Waals surface area (Å²) in [4.78, 5) is 31.7. The third-order valence-electron chi connectivity index (χ3n) is 4.86. The van der Waals surface area contributed by atoms with Crippen molar-refractivity contribution in [3.63, 3.8) is 0 Å². The Morgan fingerprint density at radius 3 is 2.83 bits per heavy atom. The Morgan fingerprint density at radius 2 is 2.07 bits per heavy atom. The molecule has 1 fully saturated rings. The molecule has 1 atom stereocenters. The number of carbonyl (C=O) groups excluding carboxylic acids is 2. The predicted octanol–water partition coefficient (Wildman–Crippen LogP) is 3.75. The van der Waals surface area contributed by atoms with Crippen molar-refractivity contribution in [2.75, 3.05) is 38.2 Å². The van der Waals surface area contributed by atoms with Crippen LogP contribution in [0.15, 0.2) is 47.1 Å². The quantitative estimate of drug-likeness (QED) is 0.587. The summed E-state index contributed by atoms with van der Waals surface area (Å²) in [6.45, 7) is 4.38. The van der Waals surface area contributed by atoms with E-state index < -0.39 is 0 Å². The number of anilines is 1. The van der Waals surface area contributed by atoms with Crippen molar-refractivity contribution >= 4 is 33.6 Å². The standard InChI is InChI=1S/C22H26BrN3O4/c1-2-29-12-13-30-19-8-4-3-7-18(19)22(28)26-11-5-6-16(15-26)21(27)25-20-10-9-17(23)14-24-20/h3-4,7-10,14,16H,2,5-6,11-13,15H2,1H3,(H,24,25,27). The number of ether oxygens (including phenoxy) is 2. The summed E-state index contributed by atoms with van der Waals surface area (Å²) in [7, 11) is 0. The van der Waals surface area contributed by atoms with Gasteiger partial charge in [-0.1, -0.05) is 12.1 Å². The zero-order valence-electron chi connectivity index (χ0n) is 17.0. The molecule has 0 bridgehead atoms. The highest BCUT2D eigenvalue weighted by Crippen LogP contribution is 2.24. The average Bonchev–Trinajstić information content (AvgIpc) is 2.78. The molecule has 2 aromatic rings. The SMILES string of the molecule is CCOCCOc1ccccc1C(=O)N1CCCC(C(=O)Nc2ccc(Br)cn2)C1. The summed E-state index contributed by atoms with van der Waals surface area (Å²) in [5.74, 6) is 0.511. The third kappa shape index (κ3) is 6.03. The maximum absolute atomic E-state index is 13.1. The minimum absolute atomic E-state index is 0.122. The highest BCUT2D eigenvalue weighted by molar-refractivity contribution is 9.10. The lowest BCUT2D eigenvalue weighted by molar-refractivity contribution is -0.121. The van der Waals surface area contributed by atoms with Gasteiger partial charge in [-0.05, 0) is 60.0 Å². The predicted molar refractivity (Wildman–Crippen MR) is 118 cm³/mol. The van der Waals surface area contributed by atoms with Gasteiger partial charge in [-0.2, -0.15) is 0 Å². The molecule has 1 saturated heterocycles. The van der Waals surface area contributed by atoms with E-state index in [4.69, 9.17) is 9.47 Å². The molecular formula is C22H26BrN3O4. The second-order valence-corrected chi connectivity index (χ2v) is 7.90. The average molecular weight is 476 g/mol. The van der Waals surface area contributed by atoms with Crippen LogP contribution < -0.4 is 10.1 Å². The Labute approximate surface area is 184 Å². The molecule has 0 radical (unpaired) electrons. The van der Waals surface area contributed by atoms with Crippen LogP contribution in [0.1, 0.15) is 30.1 Å². The number of para-hydroxylation sites is 1. The fraction of sp³-hybridized carbons (Fsp3) is 0.409. The van der Waals surface area contributed by atoms with E-state index in [0.29, 0.717) is 50.0 Å². The first kappa shape index (κ1) is 22.2. The first-order valence-corrected chi connectivity index (χ1v) is 10.9. The lowest BCUT2D eigenvalue weighted by Gasteiger charge is -2.32. The molecule has 1 aliphatic heterocycles. The number of rotatable bonds is 8. The van der Waals surface area contributed by atoms with Gasteiger partial charge >= 0.3 is 0 Å². The van der Waals surface area contributed by atoms with Gasteiger partial charge in [0.25, 0.3) is 5.91 Å². The smallest absolute Gasteiger partial charge is 0.257 e. The van der Waals surface area contributed by atoms with Gasteiger partial charge in [0.15, 0.2) is 0 Å². The van der Waals surface area contributed by atoms with Gasteiger partial charge in [0.05, 0.1) is 18.1 Å². The zero-order chi connectivity index (χ0) is 21.3. The number of benzene rings is 1. The summed E-state index contributed by atoms with van der Waals surface area (Å²) in [5, 5.41) is 2.84. The molecule has 1 aromatic heterocycles. The van der Waals surface area contributed by atoms with E-state index >= 15 is 0 Å². The molecule has 0 spiro atoms. The monoisotopic (exact) mass is 475 g/mol. The number of nitrogens with one attached hydrogen (secondary N) is 1. The molecule has 1 aromatic carbocycles. The highest BCUT2D eigenvalue weighted by atomic mass is 79.9. The molecule has 1 unspecified atom stereocenters. The number of carbonyl (C=O) groups is 2. The molecular weight excluding hydrogens is 450 g/mol. The van der Waals surface area contributed by atoms with Gasteiger partial charge in [-0.3, -0.25) is 9.59 Å². The maximum atomic E-state index is 13.1. The highest BCUT2D eigenvalue weighted by Gasteiger charge is 2.30. The van der Waals surface area contributed by atoms with Gasteiger partial charge in [0.2, 0.25) is 5.91 Å². The van der Waals surface area contributed by atoms with Crippen LogP contribution in [0.2, 0.25) is 0 Å². The van der Waals surface area contributed by atoms with Crippen LogP contribution in [-0.4, -0.2) is 54.6 Å². The first-order valence-electron chi connectivity index (χ1n) is 10.1. The van der Waals surface area contributed by atoms with Gasteiger partial charge < -0.3 is 19.7 Å². The van der Waals surface area contributed by atoms with E-state index in [9.17, 15) is 9.59 Å². The molecule has 2 amide bonds. The maximum Gasteiger partial charge on any atom is 0.257 e. The fourth-order valence-corrected chi connectivity index (χ4v) is 3.58. The van der Waals surface area contributed by atoms with E-state index in [1.54, 1.807) is 29.3 Å². The van der Waals surface area contributed by atoms with Crippen LogP contribution in [0, 0.1) is 5.92 Å². The summed E-state index contributed by atoms with van der Waals surface area (Å²) >= 11 is 3.33. The lowest BCUT2D eigenvalue weighted by atomic mass is 9.96. The second-order valence-electron chi connectivity index (χ2n) is 6.98. The van der Waals surface area contributed by atoms with Crippen LogP contribution in [0.4, 0.5) is 5.82 Å². The first-order chi connectivity index (χ1) is 14.6. The van der Waals surface area contributed by atoms with Crippen LogP contribution >= 0.6 is 15.9 Å². The molecule has 7 nitrogen and oxygen atoms in total. The van der Waals surface area contributed by atoms with Crippen molar-refractivity contribution in [2.45, 2.75) is 19.8 Å². The Hall–Kier alpha value is -2.45. The van der Waals surface area contributed by atoms with Crippen LogP contribution in [-0.2, 0) is 9.53 Å². The molecule has 1 N–H and O–H groups in total. The van der Waals surface area contributed by atoms with E-state index in [0.717, 1.165) is 17.3 Å². The Morgan fingerprint density at radius 1 is 1.23 bits per heavy atom. The summed E-state index contributed by atoms with van der Waals surface area (Å²) in [5.41, 5.74) is 0.504. The lowest BCUT2D eigenvalue weighted by Crippen LogP contribution is -2.44. The summed E-state index contributed by atoms with van der Waals surface area (Å²) in [6.07, 6.45) is 3.14. The van der Waals surface area contributed by atoms with Crippen molar-refractivity contribution in [3.8, 4) is 5.75 Å². The summed E-state index contributed by atoms with van der Waals surface area (Å²) < 4.78 is 11.9. The molecule has 8 heteroatoms. The number of nitrogens with zero attached hydrogens (tertiary/aromatic N) is 2. The van der Waals surface area contributed by atoms with E-state index in [2.05, 4.69) is 26.2 Å². The Balaban J connectivity index is 1.62. The topological polar surface area (TPSA) is 80.8 Å². The zero-order valence-corrected chi connectivity index (χ0v) is 18.6. The third-order valence-corrected chi connectivity index (χ3v) is 5.33. The van der Waals surface area contributed by atoms with Gasteiger partial charge in [-0.25, -0.2) is 4.98 Å². The largest absolute Gasteiger partial charge is 0.490 e. The summed E-state index contributed by atoms with van der Waals surface area (Å²) in [6, 6.07) is 10.8. The number of halogens is 1. The van der Waals surface area contributed by atoms with E-state index in [1.807, 2.05) is 25.1 Å². The number of likely N-dealkylation sites (tertiary alicyclic amines) is 1. The minimum atomic E-state index is -0.279. The van der Waals surface area contributed by atoms with Crippen LogP contribution in [0.25, 0.3) is 0 Å². The van der Waals surface area contributed by atoms with Crippen molar-refractivity contribution in [2.24, 2.45) is 5.92 Å². The van der Waals surface area contributed by atoms with Gasteiger partial charge in [0, 0.05) is 30.4 Å². The Bertz CT molecular complexity index is 860. The number of hydrogen-bond acceptors (Lipinski definition) is 5. The number of pyridine rings is 1. The molecule has 30 heavy (non-hydrogen) atoms. The van der Waals surface area contributed by atoms with E-state index in [-0.39, 0.29) is 17.7 Å². The molecule has 2 heterocycles. The van der Waals surface area contributed by atoms with Crippen LogP contribution in [0.3, 0.4) is 0 Å². The van der Waals surface area contributed by atoms with Crippen LogP contribution in [0.5, 0.6) is 5.75 Å². The fourth-order valence-electron chi connectivity index (χ4n) is 3.35. The number of piperidine rings is 1. The normalized spacial score (nSPS) is 16.2. The number of aromatic nitrogens is 1. The minimum Gasteiger partial charge on any atom is -0.490 e. The molecule has 0 aliphatic carbocycles. The number of hydrogen-bond donors (Lipinski definition) is 1. The Kier molecular flexibility index (Phi) is 8.21. The van der Waals surface area contributed by atoms with Gasteiger partial charge in [-0.15, -0.1) is 0 Å². The number of amides is 2. The molecule has 0 saturated carbocycles. The molecule has 1 aliphatic rings. The molecule has 3 rings (SSSR count). The van der Waals surface area contributed by atoms with Crippen molar-refractivity contribution in [1.29, 1.82) is 0 Å². The van der Waals surface area contributed by atoms with Crippen molar-refractivity contribution in [1.82, 2.24) is 9.88 Å².